The standard InChI is InChI=1S/C14H20F2N2O2/c1-4-9(2)18(3)6-5-17-13-11(15)7-10(14(19)20)8-12(13)16/h7-9,17H,4-6H2,1-3H3,(H,19,20). The molecule has 1 aromatic rings. The Morgan fingerprint density at radius 3 is 2.40 bits per heavy atom. The molecular formula is C14H20F2N2O2. The van der Waals surface area contributed by atoms with Crippen molar-refractivity contribution in [1.82, 2.24) is 4.90 Å². The van der Waals surface area contributed by atoms with Crippen molar-refractivity contribution in [3.63, 3.8) is 0 Å². The largest absolute Gasteiger partial charge is 0.478 e. The molecule has 0 aliphatic heterocycles. The van der Waals surface area contributed by atoms with Crippen molar-refractivity contribution in [3.8, 4) is 0 Å². The SMILES string of the molecule is CCC(C)N(C)CCNc1c(F)cc(C(=O)O)cc1F. The molecule has 20 heavy (non-hydrogen) atoms. The van der Waals surface area contributed by atoms with Crippen LogP contribution >= 0.6 is 0 Å². The highest BCUT2D eigenvalue weighted by Gasteiger charge is 2.14. The van der Waals surface area contributed by atoms with Gasteiger partial charge in [-0.05, 0) is 32.5 Å². The van der Waals surface area contributed by atoms with Crippen LogP contribution in [0.3, 0.4) is 0 Å². The molecule has 0 saturated carbocycles. The van der Waals surface area contributed by atoms with Crippen LogP contribution in [0.2, 0.25) is 0 Å². The molecule has 0 amide bonds. The molecule has 1 atom stereocenters. The van der Waals surface area contributed by atoms with Crippen molar-refractivity contribution in [1.29, 1.82) is 0 Å². The predicted molar refractivity (Wildman–Crippen MR) is 74.2 cm³/mol. The van der Waals surface area contributed by atoms with E-state index in [0.717, 1.165) is 18.6 Å². The van der Waals surface area contributed by atoms with Crippen molar-refractivity contribution in [2.24, 2.45) is 0 Å². The molecule has 0 fully saturated rings. The van der Waals surface area contributed by atoms with E-state index >= 15 is 0 Å². The summed E-state index contributed by atoms with van der Waals surface area (Å²) in [7, 11) is 1.94. The number of benzene rings is 1. The fourth-order valence-corrected chi connectivity index (χ4v) is 1.75. The number of nitrogens with one attached hydrogen (secondary N) is 1. The zero-order valence-electron chi connectivity index (χ0n) is 11.9. The summed E-state index contributed by atoms with van der Waals surface area (Å²) in [5.74, 6) is -3.15. The second-order valence-electron chi connectivity index (χ2n) is 4.78. The lowest BCUT2D eigenvalue weighted by Crippen LogP contribution is -2.32. The van der Waals surface area contributed by atoms with Crippen LogP contribution in [-0.4, -0.2) is 42.2 Å². The molecular weight excluding hydrogens is 266 g/mol. The average Bonchev–Trinajstić information content (AvgIpc) is 2.40. The van der Waals surface area contributed by atoms with Crippen LogP contribution in [0.25, 0.3) is 0 Å². The van der Waals surface area contributed by atoms with E-state index < -0.39 is 23.2 Å². The number of likely N-dealkylation sites (N-methyl/N-ethyl adjacent to an activating group) is 1. The van der Waals surface area contributed by atoms with E-state index in [1.54, 1.807) is 0 Å². The highest BCUT2D eigenvalue weighted by Crippen LogP contribution is 2.20. The summed E-state index contributed by atoms with van der Waals surface area (Å²) in [6.45, 7) is 5.15. The Labute approximate surface area is 117 Å². The minimum atomic E-state index is -1.36. The topological polar surface area (TPSA) is 52.6 Å². The molecule has 1 rings (SSSR count). The van der Waals surface area contributed by atoms with Crippen LogP contribution in [-0.2, 0) is 0 Å². The van der Waals surface area contributed by atoms with Gasteiger partial charge in [0.2, 0.25) is 0 Å². The molecule has 0 aliphatic carbocycles. The number of anilines is 1. The first kappa shape index (κ1) is 16.4. The molecule has 0 saturated heterocycles. The first-order chi connectivity index (χ1) is 9.36. The van der Waals surface area contributed by atoms with Gasteiger partial charge in [0.05, 0.1) is 5.56 Å². The maximum absolute atomic E-state index is 13.6. The second kappa shape index (κ2) is 7.19. The van der Waals surface area contributed by atoms with Crippen molar-refractivity contribution in [2.75, 3.05) is 25.5 Å². The molecule has 4 nitrogen and oxygen atoms in total. The smallest absolute Gasteiger partial charge is 0.335 e. The molecule has 0 heterocycles. The minimum Gasteiger partial charge on any atom is -0.478 e. The van der Waals surface area contributed by atoms with Gasteiger partial charge in [-0.3, -0.25) is 0 Å². The van der Waals surface area contributed by atoms with E-state index in [1.807, 2.05) is 7.05 Å². The van der Waals surface area contributed by atoms with Gasteiger partial charge in [0, 0.05) is 19.1 Å². The summed E-state index contributed by atoms with van der Waals surface area (Å²) < 4.78 is 27.3. The number of rotatable bonds is 7. The number of nitrogens with zero attached hydrogens (tertiary/aromatic N) is 1. The third-order valence-electron chi connectivity index (χ3n) is 3.40. The van der Waals surface area contributed by atoms with E-state index in [9.17, 15) is 13.6 Å². The van der Waals surface area contributed by atoms with Gasteiger partial charge in [-0.1, -0.05) is 6.92 Å². The molecule has 0 spiro atoms. The first-order valence-corrected chi connectivity index (χ1v) is 6.53. The molecule has 0 aliphatic rings. The van der Waals surface area contributed by atoms with Crippen LogP contribution in [0, 0.1) is 11.6 Å². The third kappa shape index (κ3) is 4.16. The van der Waals surface area contributed by atoms with Crippen molar-refractivity contribution in [2.45, 2.75) is 26.3 Å². The number of carboxylic acids is 1. The van der Waals surface area contributed by atoms with Gasteiger partial charge in [-0.2, -0.15) is 0 Å². The molecule has 0 radical (unpaired) electrons. The van der Waals surface area contributed by atoms with Gasteiger partial charge in [-0.15, -0.1) is 0 Å². The molecule has 1 aromatic carbocycles. The summed E-state index contributed by atoms with van der Waals surface area (Å²) in [5, 5.41) is 11.4. The van der Waals surface area contributed by atoms with Gasteiger partial charge < -0.3 is 15.3 Å². The minimum absolute atomic E-state index is 0.285. The summed E-state index contributed by atoms with van der Waals surface area (Å²) >= 11 is 0. The van der Waals surface area contributed by atoms with Gasteiger partial charge in [-0.25, -0.2) is 13.6 Å². The molecule has 2 N–H and O–H groups in total. The number of hydrogen-bond donors (Lipinski definition) is 2. The number of carbonyl (C=O) groups is 1. The number of carboxylic acid groups (broad SMARTS) is 1. The number of aromatic carboxylic acids is 1. The fraction of sp³-hybridized carbons (Fsp3) is 0.500. The van der Waals surface area contributed by atoms with E-state index in [4.69, 9.17) is 5.11 Å². The van der Waals surface area contributed by atoms with Gasteiger partial charge >= 0.3 is 5.97 Å². The lowest BCUT2D eigenvalue weighted by Gasteiger charge is -2.23. The maximum Gasteiger partial charge on any atom is 0.335 e. The Balaban J connectivity index is 2.67. The third-order valence-corrected chi connectivity index (χ3v) is 3.40. The van der Waals surface area contributed by atoms with E-state index in [0.29, 0.717) is 19.1 Å². The van der Waals surface area contributed by atoms with Crippen LogP contribution in [0.15, 0.2) is 12.1 Å². The lowest BCUT2D eigenvalue weighted by atomic mass is 10.2. The Bertz CT molecular complexity index is 457. The Kier molecular flexibility index (Phi) is 5.88. The highest BCUT2D eigenvalue weighted by atomic mass is 19.1. The monoisotopic (exact) mass is 286 g/mol. The van der Waals surface area contributed by atoms with Crippen LogP contribution < -0.4 is 5.32 Å². The second-order valence-corrected chi connectivity index (χ2v) is 4.78. The lowest BCUT2D eigenvalue weighted by molar-refractivity contribution is 0.0696. The number of halogens is 2. The van der Waals surface area contributed by atoms with Crippen LogP contribution in [0.4, 0.5) is 14.5 Å². The molecule has 112 valence electrons. The summed E-state index contributed by atoms with van der Waals surface area (Å²) in [6.07, 6.45) is 0.993. The first-order valence-electron chi connectivity index (χ1n) is 6.53. The van der Waals surface area contributed by atoms with E-state index in [1.165, 1.54) is 0 Å². The average molecular weight is 286 g/mol. The molecule has 0 bridgehead atoms. The molecule has 1 unspecified atom stereocenters. The van der Waals surface area contributed by atoms with E-state index in [2.05, 4.69) is 24.1 Å². The zero-order chi connectivity index (χ0) is 15.3. The van der Waals surface area contributed by atoms with Gasteiger partial charge in [0.25, 0.3) is 0 Å². The number of hydrogen-bond acceptors (Lipinski definition) is 3. The Hall–Kier alpha value is -1.69. The molecule has 0 aromatic heterocycles. The quantitative estimate of drug-likeness (QED) is 0.809. The summed E-state index contributed by atoms with van der Waals surface area (Å²) in [4.78, 5) is 12.7. The zero-order valence-corrected chi connectivity index (χ0v) is 11.9. The maximum atomic E-state index is 13.6. The summed E-state index contributed by atoms with van der Waals surface area (Å²) in [5.41, 5.74) is -0.685. The van der Waals surface area contributed by atoms with Crippen molar-refractivity contribution >= 4 is 11.7 Å². The van der Waals surface area contributed by atoms with Gasteiger partial charge in [0.1, 0.15) is 17.3 Å². The fourth-order valence-electron chi connectivity index (χ4n) is 1.75. The van der Waals surface area contributed by atoms with E-state index in [-0.39, 0.29) is 5.69 Å². The highest BCUT2D eigenvalue weighted by molar-refractivity contribution is 5.88. The van der Waals surface area contributed by atoms with Gasteiger partial charge in [0.15, 0.2) is 0 Å². The summed E-state index contributed by atoms with van der Waals surface area (Å²) in [6, 6.07) is 2.01. The molecule has 6 heteroatoms. The van der Waals surface area contributed by atoms with Crippen LogP contribution in [0.1, 0.15) is 30.6 Å². The van der Waals surface area contributed by atoms with Crippen LogP contribution in [0.5, 0.6) is 0 Å². The Morgan fingerprint density at radius 1 is 1.40 bits per heavy atom. The normalized spacial score (nSPS) is 12.5. The van der Waals surface area contributed by atoms with Crippen molar-refractivity contribution in [3.05, 3.63) is 29.3 Å². The van der Waals surface area contributed by atoms with Crippen molar-refractivity contribution < 1.29 is 18.7 Å². The Morgan fingerprint density at radius 2 is 1.95 bits per heavy atom. The predicted octanol–water partition coefficient (Wildman–Crippen LogP) is 2.81.